The fourth-order valence-corrected chi connectivity index (χ4v) is 3.08. The summed E-state index contributed by atoms with van der Waals surface area (Å²) in [7, 11) is 0. The van der Waals surface area contributed by atoms with Gasteiger partial charge >= 0.3 is 0 Å². The first-order valence-corrected chi connectivity index (χ1v) is 8.47. The predicted octanol–water partition coefficient (Wildman–Crippen LogP) is 1.59. The molecule has 1 aliphatic rings. The lowest BCUT2D eigenvalue weighted by atomic mass is 9.79. The maximum absolute atomic E-state index is 12.7. The van der Waals surface area contributed by atoms with E-state index in [1.54, 1.807) is 22.9 Å². The van der Waals surface area contributed by atoms with Gasteiger partial charge in [-0.1, -0.05) is 30.3 Å². The smallest absolute Gasteiger partial charge is 0.274 e. The van der Waals surface area contributed by atoms with Gasteiger partial charge in [0.25, 0.3) is 5.56 Å². The van der Waals surface area contributed by atoms with E-state index in [1.807, 2.05) is 30.3 Å². The Morgan fingerprint density at radius 3 is 2.56 bits per heavy atom. The summed E-state index contributed by atoms with van der Waals surface area (Å²) in [6.45, 7) is 1.72. The van der Waals surface area contributed by atoms with Gasteiger partial charge in [0, 0.05) is 26.0 Å². The molecule has 0 spiro atoms. The van der Waals surface area contributed by atoms with Gasteiger partial charge in [0.15, 0.2) is 0 Å². The highest BCUT2D eigenvalue weighted by atomic mass is 16.5. The summed E-state index contributed by atoms with van der Waals surface area (Å²) in [6.07, 6.45) is 2.86. The van der Waals surface area contributed by atoms with Crippen molar-refractivity contribution < 1.29 is 9.53 Å². The Morgan fingerprint density at radius 2 is 1.88 bits per heavy atom. The van der Waals surface area contributed by atoms with E-state index < -0.39 is 5.41 Å². The van der Waals surface area contributed by atoms with Crippen LogP contribution in [0, 0.1) is 5.41 Å². The molecule has 0 unspecified atom stereocenters. The van der Waals surface area contributed by atoms with E-state index in [0.29, 0.717) is 32.6 Å². The predicted molar refractivity (Wildman–Crippen MR) is 96.4 cm³/mol. The third-order valence-corrected chi connectivity index (χ3v) is 4.79. The molecule has 1 aromatic heterocycles. The highest BCUT2D eigenvalue weighted by molar-refractivity contribution is 5.95. The Kier molecular flexibility index (Phi) is 5.31. The van der Waals surface area contributed by atoms with Crippen molar-refractivity contribution >= 4 is 11.6 Å². The summed E-state index contributed by atoms with van der Waals surface area (Å²) in [6, 6.07) is 13.1. The van der Waals surface area contributed by atoms with Gasteiger partial charge < -0.3 is 20.4 Å². The Morgan fingerprint density at radius 1 is 1.16 bits per heavy atom. The van der Waals surface area contributed by atoms with Crippen LogP contribution in [0.1, 0.15) is 18.4 Å². The minimum Gasteiger partial charge on any atom is -0.381 e. The summed E-state index contributed by atoms with van der Waals surface area (Å²) in [5, 5.41) is 2.79. The SMILES string of the molecule is NCC1(C(=O)Nc2cccn(Cc3ccccc3)c2=O)CCOCC1. The van der Waals surface area contributed by atoms with Gasteiger partial charge in [-0.2, -0.15) is 0 Å². The zero-order valence-electron chi connectivity index (χ0n) is 14.1. The molecule has 6 heteroatoms. The van der Waals surface area contributed by atoms with Crippen molar-refractivity contribution in [3.63, 3.8) is 0 Å². The molecule has 1 aromatic carbocycles. The largest absolute Gasteiger partial charge is 0.381 e. The Hall–Kier alpha value is -2.44. The molecule has 132 valence electrons. The lowest BCUT2D eigenvalue weighted by molar-refractivity contribution is -0.130. The normalized spacial score (nSPS) is 16.4. The number of amides is 1. The molecule has 0 saturated carbocycles. The van der Waals surface area contributed by atoms with Crippen molar-refractivity contribution in [3.05, 3.63) is 64.6 Å². The number of rotatable bonds is 5. The van der Waals surface area contributed by atoms with Gasteiger partial charge in [0.1, 0.15) is 5.69 Å². The van der Waals surface area contributed by atoms with Crippen molar-refractivity contribution in [1.82, 2.24) is 4.57 Å². The molecule has 0 atom stereocenters. The average Bonchev–Trinajstić information content (AvgIpc) is 2.66. The van der Waals surface area contributed by atoms with Crippen LogP contribution >= 0.6 is 0 Å². The number of anilines is 1. The number of nitrogens with two attached hydrogens (primary N) is 1. The van der Waals surface area contributed by atoms with Gasteiger partial charge in [-0.25, -0.2) is 0 Å². The Balaban J connectivity index is 1.80. The minimum atomic E-state index is -0.662. The van der Waals surface area contributed by atoms with E-state index in [0.717, 1.165) is 5.56 Å². The highest BCUT2D eigenvalue weighted by Gasteiger charge is 2.39. The number of hydrogen-bond donors (Lipinski definition) is 2. The molecule has 0 radical (unpaired) electrons. The Bertz CT molecular complexity index is 780. The number of benzene rings is 1. The van der Waals surface area contributed by atoms with Crippen molar-refractivity contribution in [2.24, 2.45) is 11.1 Å². The van der Waals surface area contributed by atoms with E-state index in [1.165, 1.54) is 0 Å². The van der Waals surface area contributed by atoms with E-state index in [2.05, 4.69) is 5.32 Å². The van der Waals surface area contributed by atoms with Gasteiger partial charge in [-0.3, -0.25) is 9.59 Å². The van der Waals surface area contributed by atoms with Crippen molar-refractivity contribution in [2.45, 2.75) is 19.4 Å². The topological polar surface area (TPSA) is 86.4 Å². The van der Waals surface area contributed by atoms with Crippen molar-refractivity contribution in [1.29, 1.82) is 0 Å². The molecule has 1 fully saturated rings. The number of ether oxygens (including phenoxy) is 1. The van der Waals surface area contributed by atoms with E-state index in [-0.39, 0.29) is 23.7 Å². The zero-order valence-corrected chi connectivity index (χ0v) is 14.1. The van der Waals surface area contributed by atoms with E-state index in [4.69, 9.17) is 10.5 Å². The minimum absolute atomic E-state index is 0.201. The van der Waals surface area contributed by atoms with Crippen LogP contribution < -0.4 is 16.6 Å². The maximum atomic E-state index is 12.7. The molecule has 0 aliphatic carbocycles. The van der Waals surface area contributed by atoms with E-state index in [9.17, 15) is 9.59 Å². The van der Waals surface area contributed by atoms with Crippen LogP contribution in [0.4, 0.5) is 5.69 Å². The van der Waals surface area contributed by atoms with Crippen molar-refractivity contribution in [3.8, 4) is 0 Å². The van der Waals surface area contributed by atoms with Crippen LogP contribution in [0.2, 0.25) is 0 Å². The second-order valence-corrected chi connectivity index (χ2v) is 6.39. The summed E-state index contributed by atoms with van der Waals surface area (Å²) in [5.74, 6) is -0.201. The van der Waals surface area contributed by atoms with Crippen LogP contribution in [0.25, 0.3) is 0 Å². The van der Waals surface area contributed by atoms with E-state index >= 15 is 0 Å². The number of carbonyl (C=O) groups is 1. The fourth-order valence-electron chi connectivity index (χ4n) is 3.08. The first-order chi connectivity index (χ1) is 12.1. The molecule has 2 aromatic rings. The molecule has 1 saturated heterocycles. The maximum Gasteiger partial charge on any atom is 0.274 e. The number of nitrogens with one attached hydrogen (secondary N) is 1. The molecular formula is C19H23N3O3. The zero-order chi connectivity index (χ0) is 17.7. The highest BCUT2D eigenvalue weighted by Crippen LogP contribution is 2.30. The van der Waals surface area contributed by atoms with Crippen LogP contribution in [0.5, 0.6) is 0 Å². The molecule has 3 N–H and O–H groups in total. The van der Waals surface area contributed by atoms with Gasteiger partial charge in [0.05, 0.1) is 12.0 Å². The van der Waals surface area contributed by atoms with Gasteiger partial charge in [-0.05, 0) is 30.5 Å². The van der Waals surface area contributed by atoms with Crippen LogP contribution in [0.3, 0.4) is 0 Å². The number of hydrogen-bond acceptors (Lipinski definition) is 4. The third kappa shape index (κ3) is 3.81. The molecule has 3 rings (SSSR count). The molecule has 0 bridgehead atoms. The number of nitrogens with zero attached hydrogens (tertiary/aromatic N) is 1. The summed E-state index contributed by atoms with van der Waals surface area (Å²) < 4.78 is 6.92. The molecule has 1 amide bonds. The van der Waals surface area contributed by atoms with Crippen molar-refractivity contribution in [2.75, 3.05) is 25.1 Å². The van der Waals surface area contributed by atoms with Crippen LogP contribution in [-0.2, 0) is 16.1 Å². The quantitative estimate of drug-likeness (QED) is 0.865. The Labute approximate surface area is 146 Å². The molecule has 1 aliphatic heterocycles. The monoisotopic (exact) mass is 341 g/mol. The first kappa shape index (κ1) is 17.4. The first-order valence-electron chi connectivity index (χ1n) is 8.47. The molecule has 6 nitrogen and oxygen atoms in total. The second-order valence-electron chi connectivity index (χ2n) is 6.39. The standard InChI is InChI=1S/C19H23N3O3/c20-14-19(8-11-25-12-9-19)18(24)21-16-7-4-10-22(17(16)23)13-15-5-2-1-3-6-15/h1-7,10H,8-9,11-14,20H2,(H,21,24). The lowest BCUT2D eigenvalue weighted by Gasteiger charge is -2.34. The number of pyridine rings is 1. The lowest BCUT2D eigenvalue weighted by Crippen LogP contribution is -2.47. The number of carbonyl (C=O) groups excluding carboxylic acids is 1. The molecule has 2 heterocycles. The van der Waals surface area contributed by atoms with Gasteiger partial charge in [0.2, 0.25) is 5.91 Å². The summed E-state index contributed by atoms with van der Waals surface area (Å²) in [4.78, 5) is 25.4. The third-order valence-electron chi connectivity index (χ3n) is 4.79. The second kappa shape index (κ2) is 7.63. The average molecular weight is 341 g/mol. The molecule has 25 heavy (non-hydrogen) atoms. The fraction of sp³-hybridized carbons (Fsp3) is 0.368. The summed E-state index contributed by atoms with van der Waals surface area (Å²) in [5.41, 5.74) is 6.28. The van der Waals surface area contributed by atoms with Gasteiger partial charge in [-0.15, -0.1) is 0 Å². The summed E-state index contributed by atoms with van der Waals surface area (Å²) >= 11 is 0. The van der Waals surface area contributed by atoms with Crippen LogP contribution in [0.15, 0.2) is 53.5 Å². The molecular weight excluding hydrogens is 318 g/mol. The van der Waals surface area contributed by atoms with Crippen LogP contribution in [-0.4, -0.2) is 30.2 Å². The number of aromatic nitrogens is 1.